The van der Waals surface area contributed by atoms with Crippen LogP contribution in [0, 0.1) is 0 Å². The highest BCUT2D eigenvalue weighted by atomic mass is 14.8. The zero-order chi connectivity index (χ0) is 10.2. The monoisotopic (exact) mass is 189 g/mol. The SMILES string of the molecule is C=CCNCc1ccc(CCC)cc1. The zero-order valence-corrected chi connectivity index (χ0v) is 8.92. The summed E-state index contributed by atoms with van der Waals surface area (Å²) >= 11 is 0. The van der Waals surface area contributed by atoms with Crippen LogP contribution < -0.4 is 5.32 Å². The molecule has 0 saturated carbocycles. The minimum absolute atomic E-state index is 0.872. The maximum Gasteiger partial charge on any atom is 0.0208 e. The number of rotatable bonds is 6. The predicted octanol–water partition coefficient (Wildman–Crippen LogP) is 2.91. The van der Waals surface area contributed by atoms with E-state index in [0.29, 0.717) is 0 Å². The van der Waals surface area contributed by atoms with Crippen LogP contribution in [-0.4, -0.2) is 6.54 Å². The van der Waals surface area contributed by atoms with E-state index in [1.54, 1.807) is 0 Å². The van der Waals surface area contributed by atoms with Crippen LogP contribution in [0.15, 0.2) is 36.9 Å². The minimum Gasteiger partial charge on any atom is -0.309 e. The highest BCUT2D eigenvalue weighted by Crippen LogP contribution is 2.06. The Balaban J connectivity index is 2.42. The molecule has 0 bridgehead atoms. The van der Waals surface area contributed by atoms with E-state index in [2.05, 4.69) is 43.1 Å². The van der Waals surface area contributed by atoms with Crippen LogP contribution >= 0.6 is 0 Å². The van der Waals surface area contributed by atoms with E-state index in [9.17, 15) is 0 Å². The van der Waals surface area contributed by atoms with Crippen molar-refractivity contribution in [3.8, 4) is 0 Å². The van der Waals surface area contributed by atoms with Gasteiger partial charge in [-0.15, -0.1) is 6.58 Å². The average Bonchev–Trinajstić information content (AvgIpc) is 2.21. The van der Waals surface area contributed by atoms with E-state index < -0.39 is 0 Å². The fourth-order valence-corrected chi connectivity index (χ4v) is 1.43. The highest BCUT2D eigenvalue weighted by Gasteiger charge is 1.93. The average molecular weight is 189 g/mol. The van der Waals surface area contributed by atoms with E-state index in [1.165, 1.54) is 24.0 Å². The summed E-state index contributed by atoms with van der Waals surface area (Å²) < 4.78 is 0. The summed E-state index contributed by atoms with van der Waals surface area (Å²) in [7, 11) is 0. The minimum atomic E-state index is 0.872. The number of benzene rings is 1. The molecule has 0 aromatic heterocycles. The molecule has 1 aromatic carbocycles. The molecule has 0 saturated heterocycles. The first-order chi connectivity index (χ1) is 6.86. The lowest BCUT2D eigenvalue weighted by Crippen LogP contribution is -2.12. The second-order valence-corrected chi connectivity index (χ2v) is 3.49. The molecule has 1 rings (SSSR count). The molecule has 76 valence electrons. The smallest absolute Gasteiger partial charge is 0.0208 e. The van der Waals surface area contributed by atoms with Crippen molar-refractivity contribution in [2.45, 2.75) is 26.3 Å². The maximum absolute atomic E-state index is 3.67. The van der Waals surface area contributed by atoms with Crippen LogP contribution in [0.25, 0.3) is 0 Å². The second kappa shape index (κ2) is 6.39. The van der Waals surface area contributed by atoms with Gasteiger partial charge in [0.15, 0.2) is 0 Å². The normalized spacial score (nSPS) is 10.1. The van der Waals surface area contributed by atoms with Crippen LogP contribution in [0.2, 0.25) is 0 Å². The van der Waals surface area contributed by atoms with Gasteiger partial charge in [0.2, 0.25) is 0 Å². The predicted molar refractivity (Wildman–Crippen MR) is 62.3 cm³/mol. The summed E-state index contributed by atoms with van der Waals surface area (Å²) in [5.74, 6) is 0. The van der Waals surface area contributed by atoms with E-state index in [0.717, 1.165) is 13.1 Å². The van der Waals surface area contributed by atoms with Gasteiger partial charge in [-0.1, -0.05) is 43.7 Å². The van der Waals surface area contributed by atoms with Crippen molar-refractivity contribution in [3.63, 3.8) is 0 Å². The van der Waals surface area contributed by atoms with E-state index >= 15 is 0 Å². The first-order valence-corrected chi connectivity index (χ1v) is 5.26. The highest BCUT2D eigenvalue weighted by molar-refractivity contribution is 5.22. The molecule has 0 aliphatic rings. The Labute approximate surface area is 86.8 Å². The van der Waals surface area contributed by atoms with Gasteiger partial charge in [0.05, 0.1) is 0 Å². The molecule has 0 radical (unpaired) electrons. The van der Waals surface area contributed by atoms with Gasteiger partial charge in [-0.05, 0) is 17.5 Å². The van der Waals surface area contributed by atoms with Crippen LogP contribution in [0.1, 0.15) is 24.5 Å². The van der Waals surface area contributed by atoms with E-state index in [1.807, 2.05) is 6.08 Å². The fraction of sp³-hybridized carbons (Fsp3) is 0.385. The Morgan fingerprint density at radius 1 is 1.21 bits per heavy atom. The van der Waals surface area contributed by atoms with Gasteiger partial charge in [-0.3, -0.25) is 0 Å². The molecule has 0 fully saturated rings. The van der Waals surface area contributed by atoms with Crippen LogP contribution in [0.5, 0.6) is 0 Å². The summed E-state index contributed by atoms with van der Waals surface area (Å²) in [6, 6.07) is 8.82. The number of nitrogens with one attached hydrogen (secondary N) is 1. The van der Waals surface area contributed by atoms with Crippen molar-refractivity contribution in [2.24, 2.45) is 0 Å². The molecular weight excluding hydrogens is 170 g/mol. The molecule has 1 heteroatoms. The number of aryl methyl sites for hydroxylation is 1. The third kappa shape index (κ3) is 3.75. The second-order valence-electron chi connectivity index (χ2n) is 3.49. The molecule has 1 N–H and O–H groups in total. The largest absolute Gasteiger partial charge is 0.309 e. The third-order valence-corrected chi connectivity index (χ3v) is 2.18. The van der Waals surface area contributed by atoms with Gasteiger partial charge in [0.25, 0.3) is 0 Å². The van der Waals surface area contributed by atoms with Crippen LogP contribution in [-0.2, 0) is 13.0 Å². The van der Waals surface area contributed by atoms with Gasteiger partial charge < -0.3 is 5.32 Å². The Morgan fingerprint density at radius 3 is 2.43 bits per heavy atom. The van der Waals surface area contributed by atoms with Gasteiger partial charge in [0.1, 0.15) is 0 Å². The first kappa shape index (κ1) is 11.0. The summed E-state index contributed by atoms with van der Waals surface area (Å²) in [6.07, 6.45) is 4.28. The molecule has 1 aromatic rings. The Hall–Kier alpha value is -1.08. The van der Waals surface area contributed by atoms with Gasteiger partial charge in [-0.25, -0.2) is 0 Å². The van der Waals surface area contributed by atoms with Gasteiger partial charge in [0, 0.05) is 13.1 Å². The molecular formula is C13H19N. The van der Waals surface area contributed by atoms with Crippen molar-refractivity contribution in [1.82, 2.24) is 5.32 Å². The first-order valence-electron chi connectivity index (χ1n) is 5.26. The van der Waals surface area contributed by atoms with E-state index in [-0.39, 0.29) is 0 Å². The van der Waals surface area contributed by atoms with Crippen molar-refractivity contribution in [2.75, 3.05) is 6.54 Å². The standard InChI is InChI=1S/C13H19N/c1-3-5-12-6-8-13(9-7-12)11-14-10-4-2/h4,6-9,14H,2-3,5,10-11H2,1H3. The molecule has 0 unspecified atom stereocenters. The number of hydrogen-bond donors (Lipinski definition) is 1. The van der Waals surface area contributed by atoms with Crippen molar-refractivity contribution in [3.05, 3.63) is 48.0 Å². The summed E-state index contributed by atoms with van der Waals surface area (Å²) in [6.45, 7) is 7.68. The molecule has 0 spiro atoms. The van der Waals surface area contributed by atoms with Gasteiger partial charge in [-0.2, -0.15) is 0 Å². The van der Waals surface area contributed by atoms with Crippen LogP contribution in [0.3, 0.4) is 0 Å². The topological polar surface area (TPSA) is 12.0 Å². The van der Waals surface area contributed by atoms with Crippen molar-refractivity contribution in [1.29, 1.82) is 0 Å². The molecule has 0 amide bonds. The number of hydrogen-bond acceptors (Lipinski definition) is 1. The summed E-state index contributed by atoms with van der Waals surface area (Å²) in [4.78, 5) is 0. The zero-order valence-electron chi connectivity index (χ0n) is 8.92. The Kier molecular flexibility index (Phi) is 5.02. The van der Waals surface area contributed by atoms with Gasteiger partial charge >= 0.3 is 0 Å². The van der Waals surface area contributed by atoms with Crippen molar-refractivity contribution >= 4 is 0 Å². The van der Waals surface area contributed by atoms with Crippen LogP contribution in [0.4, 0.5) is 0 Å². The molecule has 0 atom stereocenters. The quantitative estimate of drug-likeness (QED) is 0.536. The molecule has 0 heterocycles. The Morgan fingerprint density at radius 2 is 1.86 bits per heavy atom. The summed E-state index contributed by atoms with van der Waals surface area (Å²) in [5.41, 5.74) is 2.77. The lowest BCUT2D eigenvalue weighted by Gasteiger charge is -2.03. The molecule has 1 nitrogen and oxygen atoms in total. The Bertz CT molecular complexity index is 261. The van der Waals surface area contributed by atoms with Crippen molar-refractivity contribution < 1.29 is 0 Å². The molecule has 0 aliphatic carbocycles. The molecule has 0 aliphatic heterocycles. The third-order valence-electron chi connectivity index (χ3n) is 2.18. The summed E-state index contributed by atoms with van der Waals surface area (Å²) in [5, 5.41) is 3.28. The maximum atomic E-state index is 3.67. The lowest BCUT2D eigenvalue weighted by molar-refractivity contribution is 0.760. The molecule has 14 heavy (non-hydrogen) atoms. The van der Waals surface area contributed by atoms with E-state index in [4.69, 9.17) is 0 Å². The fourth-order valence-electron chi connectivity index (χ4n) is 1.43. The lowest BCUT2D eigenvalue weighted by atomic mass is 10.1.